The number of carbonyl (C=O) groups is 3. The molecule has 206 valence electrons. The lowest BCUT2D eigenvalue weighted by atomic mass is 9.37. The molecule has 0 aliphatic heterocycles. The summed E-state index contributed by atoms with van der Waals surface area (Å²) in [5.74, 6) is -0.540. The molecule has 2 saturated carbocycles. The number of fused-ring (bicyclic) bond motifs is 3. The number of hydrogen-bond donors (Lipinski definition) is 1. The zero-order valence-electron chi connectivity index (χ0n) is 24.7. The normalized spacial score (nSPS) is 37.0. The molecule has 2 fully saturated rings. The summed E-state index contributed by atoms with van der Waals surface area (Å²) in [7, 11) is 0. The molecule has 1 N–H and O–H groups in total. The number of hydrogen-bond acceptors (Lipinski definition) is 4. The summed E-state index contributed by atoms with van der Waals surface area (Å²) >= 11 is 0. The smallest absolute Gasteiger partial charge is 0.309 e. The van der Waals surface area contributed by atoms with E-state index < -0.39 is 22.2 Å². The molecule has 0 unspecified atom stereocenters. The molecule has 0 heterocycles. The Morgan fingerprint density at radius 3 is 2.24 bits per heavy atom. The molecule has 0 saturated heterocycles. The Kier molecular flexibility index (Phi) is 7.48. The number of Topliss-reactive ketones (excluding diaryl/α,β-unsaturated/α-hetero) is 2. The van der Waals surface area contributed by atoms with Gasteiger partial charge >= 0.3 is 5.97 Å². The number of nitriles is 1. The van der Waals surface area contributed by atoms with Crippen LogP contribution in [0.15, 0.2) is 11.6 Å². The van der Waals surface area contributed by atoms with Gasteiger partial charge in [-0.1, -0.05) is 67.9 Å². The number of ketones is 2. The molecule has 3 rings (SSSR count). The van der Waals surface area contributed by atoms with Crippen LogP contribution in [0, 0.1) is 55.7 Å². The van der Waals surface area contributed by atoms with Crippen LogP contribution in [0.1, 0.15) is 120 Å². The van der Waals surface area contributed by atoms with Crippen molar-refractivity contribution < 1.29 is 19.5 Å². The van der Waals surface area contributed by atoms with Gasteiger partial charge in [-0.3, -0.25) is 14.4 Å². The van der Waals surface area contributed by atoms with Crippen LogP contribution in [-0.4, -0.2) is 22.6 Å². The van der Waals surface area contributed by atoms with Crippen LogP contribution >= 0.6 is 0 Å². The van der Waals surface area contributed by atoms with Gasteiger partial charge in [0.25, 0.3) is 0 Å². The van der Waals surface area contributed by atoms with Crippen molar-refractivity contribution in [1.29, 1.82) is 5.26 Å². The van der Waals surface area contributed by atoms with Crippen LogP contribution in [0.5, 0.6) is 0 Å². The molecule has 5 nitrogen and oxygen atoms in total. The number of nitrogens with zero attached hydrogens (tertiary/aromatic N) is 1. The molecular weight excluding hydrogens is 462 g/mol. The summed E-state index contributed by atoms with van der Waals surface area (Å²) in [6, 6.07) is 2.16. The van der Waals surface area contributed by atoms with Crippen LogP contribution in [0.3, 0.4) is 0 Å². The van der Waals surface area contributed by atoms with E-state index in [2.05, 4.69) is 47.6 Å². The quantitative estimate of drug-likeness (QED) is 0.363. The van der Waals surface area contributed by atoms with E-state index in [0.29, 0.717) is 32.1 Å². The van der Waals surface area contributed by atoms with Crippen molar-refractivity contribution in [3.05, 3.63) is 11.6 Å². The fourth-order valence-corrected chi connectivity index (χ4v) is 8.32. The molecule has 0 spiro atoms. The lowest BCUT2D eigenvalue weighted by molar-refractivity contribution is -0.175. The van der Waals surface area contributed by atoms with Gasteiger partial charge in [-0.05, 0) is 78.9 Å². The van der Waals surface area contributed by atoms with E-state index in [9.17, 15) is 24.8 Å². The highest BCUT2D eigenvalue weighted by molar-refractivity contribution is 6.04. The zero-order valence-corrected chi connectivity index (χ0v) is 24.7. The Balaban J connectivity index is 1.99. The molecule has 5 heteroatoms. The molecule has 3 aliphatic carbocycles. The maximum absolute atomic E-state index is 13.4. The SMILES string of the molecule is CCC(C)(C)CC[C@@](C)(CC[C@]1(C)CC(=O)C[C@@H]2[C@@]3(C)C=C(C#N)C(=O)C(C)(C)[C@@H]3CC[C@]21C)C(=O)O. The van der Waals surface area contributed by atoms with E-state index >= 15 is 0 Å². The fraction of sp³-hybridized carbons (Fsp3) is 0.812. The van der Waals surface area contributed by atoms with Gasteiger partial charge in [-0.2, -0.15) is 5.26 Å². The van der Waals surface area contributed by atoms with Gasteiger partial charge < -0.3 is 5.11 Å². The molecule has 0 amide bonds. The lowest BCUT2D eigenvalue weighted by Gasteiger charge is -2.66. The summed E-state index contributed by atoms with van der Waals surface area (Å²) in [5.41, 5.74) is -2.14. The van der Waals surface area contributed by atoms with Crippen molar-refractivity contribution in [3.8, 4) is 6.07 Å². The molecular formula is C32H49NO4. The average molecular weight is 512 g/mol. The van der Waals surface area contributed by atoms with Crippen molar-refractivity contribution in [2.45, 2.75) is 120 Å². The predicted octanol–water partition coefficient (Wildman–Crippen LogP) is 7.54. The highest BCUT2D eigenvalue weighted by Crippen LogP contribution is 2.70. The predicted molar refractivity (Wildman–Crippen MR) is 146 cm³/mol. The van der Waals surface area contributed by atoms with Crippen LogP contribution in [0.25, 0.3) is 0 Å². The Morgan fingerprint density at radius 1 is 1.08 bits per heavy atom. The van der Waals surface area contributed by atoms with Crippen molar-refractivity contribution in [2.75, 3.05) is 0 Å². The van der Waals surface area contributed by atoms with Gasteiger partial charge in [0.1, 0.15) is 11.9 Å². The number of carboxylic acid groups (broad SMARTS) is 1. The summed E-state index contributed by atoms with van der Waals surface area (Å²) in [6.07, 6.45) is 8.29. The molecule has 0 bridgehead atoms. The van der Waals surface area contributed by atoms with E-state index in [0.717, 1.165) is 25.7 Å². The van der Waals surface area contributed by atoms with Crippen LogP contribution < -0.4 is 0 Å². The molecule has 0 aromatic rings. The Hall–Kier alpha value is -1.96. The van der Waals surface area contributed by atoms with E-state index in [4.69, 9.17) is 0 Å². The third-order valence-corrected chi connectivity index (χ3v) is 12.0. The van der Waals surface area contributed by atoms with E-state index in [1.807, 2.05) is 26.8 Å². The molecule has 0 aromatic carbocycles. The zero-order chi connectivity index (χ0) is 28.2. The first-order valence-electron chi connectivity index (χ1n) is 14.2. The second-order valence-corrected chi connectivity index (χ2v) is 15.0. The topological polar surface area (TPSA) is 95.2 Å². The van der Waals surface area contributed by atoms with Gasteiger partial charge in [0.2, 0.25) is 0 Å². The Labute approximate surface area is 224 Å². The first-order chi connectivity index (χ1) is 16.8. The summed E-state index contributed by atoms with van der Waals surface area (Å²) in [5, 5.41) is 20.1. The summed E-state index contributed by atoms with van der Waals surface area (Å²) in [4.78, 5) is 39.0. The van der Waals surface area contributed by atoms with Gasteiger partial charge in [-0.25, -0.2) is 0 Å². The standard InChI is InChI=1S/C32H49NO4/c1-10-27(2,3)13-14-29(6,26(36)37)15-16-30(7)19-22(34)17-24-31(8)18-21(20-33)25(35)28(4,5)23(31)11-12-32(24,30)9/h18,23-24H,10-17,19H2,1-9H3,(H,36,37)/t23-,24+,29-,30+,31-,32+/m0/s1. The van der Waals surface area contributed by atoms with E-state index in [1.165, 1.54) is 0 Å². The lowest BCUT2D eigenvalue weighted by Crippen LogP contribution is -2.62. The van der Waals surface area contributed by atoms with Crippen LogP contribution in [0.2, 0.25) is 0 Å². The maximum atomic E-state index is 13.4. The van der Waals surface area contributed by atoms with Crippen molar-refractivity contribution in [2.24, 2.45) is 44.3 Å². The number of allylic oxidation sites excluding steroid dienone is 2. The molecule has 37 heavy (non-hydrogen) atoms. The van der Waals surface area contributed by atoms with Crippen LogP contribution in [-0.2, 0) is 14.4 Å². The van der Waals surface area contributed by atoms with Crippen molar-refractivity contribution >= 4 is 17.5 Å². The van der Waals surface area contributed by atoms with Crippen molar-refractivity contribution in [1.82, 2.24) is 0 Å². The largest absolute Gasteiger partial charge is 0.481 e. The number of rotatable bonds is 8. The minimum Gasteiger partial charge on any atom is -0.481 e. The maximum Gasteiger partial charge on any atom is 0.309 e. The van der Waals surface area contributed by atoms with E-state index in [1.54, 1.807) is 0 Å². The highest BCUT2D eigenvalue weighted by atomic mass is 16.4. The average Bonchev–Trinajstić information content (AvgIpc) is 2.80. The number of carboxylic acids is 1. The second kappa shape index (κ2) is 9.35. The minimum absolute atomic E-state index is 0.0100. The first-order valence-corrected chi connectivity index (χ1v) is 14.2. The summed E-state index contributed by atoms with van der Waals surface area (Å²) in [6.45, 7) is 19.0. The summed E-state index contributed by atoms with van der Waals surface area (Å²) < 4.78 is 0. The third-order valence-electron chi connectivity index (χ3n) is 12.0. The third kappa shape index (κ3) is 4.72. The van der Waals surface area contributed by atoms with Gasteiger partial charge in [0, 0.05) is 18.3 Å². The van der Waals surface area contributed by atoms with Gasteiger partial charge in [-0.15, -0.1) is 0 Å². The van der Waals surface area contributed by atoms with Gasteiger partial charge in [0.05, 0.1) is 11.0 Å². The first kappa shape index (κ1) is 29.6. The molecule has 0 radical (unpaired) electrons. The fourth-order valence-electron chi connectivity index (χ4n) is 8.32. The second-order valence-electron chi connectivity index (χ2n) is 15.0. The molecule has 6 atom stereocenters. The number of carbonyl (C=O) groups excluding carboxylic acids is 2. The number of aliphatic carboxylic acids is 1. The van der Waals surface area contributed by atoms with Crippen LogP contribution in [0.4, 0.5) is 0 Å². The van der Waals surface area contributed by atoms with Crippen molar-refractivity contribution in [3.63, 3.8) is 0 Å². The Morgan fingerprint density at radius 2 is 1.70 bits per heavy atom. The minimum atomic E-state index is -0.837. The highest BCUT2D eigenvalue weighted by Gasteiger charge is 2.66. The molecule has 3 aliphatic rings. The Bertz CT molecular complexity index is 1050. The molecule has 0 aromatic heterocycles. The van der Waals surface area contributed by atoms with E-state index in [-0.39, 0.29) is 45.2 Å². The monoisotopic (exact) mass is 511 g/mol. The van der Waals surface area contributed by atoms with Gasteiger partial charge in [0.15, 0.2) is 5.78 Å².